The second-order valence-electron chi connectivity index (χ2n) is 3.27. The summed E-state index contributed by atoms with van der Waals surface area (Å²) in [6, 6.07) is 0. The van der Waals surface area contributed by atoms with Crippen LogP contribution in [0.25, 0.3) is 0 Å². The van der Waals surface area contributed by atoms with E-state index in [0.717, 1.165) is 0 Å². The Morgan fingerprint density at radius 2 is 2.00 bits per heavy atom. The van der Waals surface area contributed by atoms with E-state index in [1.165, 1.54) is 0 Å². The van der Waals surface area contributed by atoms with Gasteiger partial charge in [-0.25, -0.2) is 0 Å². The van der Waals surface area contributed by atoms with Gasteiger partial charge in [0.25, 0.3) is 0 Å². The molecule has 0 aliphatic carbocycles. The van der Waals surface area contributed by atoms with Crippen LogP contribution in [0.15, 0.2) is 4.52 Å². The molecular weight excluding hydrogens is 245 g/mol. The SMILES string of the molecule is CCOP(=O)(CNCc1nc(C)no1)OCC. The normalized spacial score (nSPS) is 11.9. The van der Waals surface area contributed by atoms with E-state index < -0.39 is 7.60 Å². The molecule has 1 N–H and O–H groups in total. The largest absolute Gasteiger partial charge is 0.344 e. The van der Waals surface area contributed by atoms with Crippen LogP contribution in [0.3, 0.4) is 0 Å². The number of hydrogen-bond acceptors (Lipinski definition) is 7. The summed E-state index contributed by atoms with van der Waals surface area (Å²) in [7, 11) is -3.05. The van der Waals surface area contributed by atoms with Gasteiger partial charge >= 0.3 is 7.60 Å². The van der Waals surface area contributed by atoms with Gasteiger partial charge in [-0.15, -0.1) is 0 Å². The smallest absolute Gasteiger partial charge is 0.338 e. The van der Waals surface area contributed by atoms with Crippen molar-refractivity contribution in [1.82, 2.24) is 15.5 Å². The van der Waals surface area contributed by atoms with Crippen LogP contribution in [0.1, 0.15) is 25.6 Å². The Labute approximate surface area is 100 Å². The third kappa shape index (κ3) is 4.95. The molecule has 7 nitrogen and oxygen atoms in total. The van der Waals surface area contributed by atoms with Crippen molar-refractivity contribution in [3.8, 4) is 0 Å². The maximum atomic E-state index is 12.0. The molecule has 0 spiro atoms. The minimum atomic E-state index is -3.05. The van der Waals surface area contributed by atoms with Crippen LogP contribution < -0.4 is 5.32 Å². The lowest BCUT2D eigenvalue weighted by Crippen LogP contribution is -2.17. The fraction of sp³-hybridized carbons (Fsp3) is 0.778. The van der Waals surface area contributed by atoms with Crippen LogP contribution in [0.2, 0.25) is 0 Å². The van der Waals surface area contributed by atoms with Gasteiger partial charge in [0, 0.05) is 0 Å². The second kappa shape index (κ2) is 6.86. The highest BCUT2D eigenvalue weighted by atomic mass is 31.2. The Morgan fingerprint density at radius 3 is 2.47 bits per heavy atom. The topological polar surface area (TPSA) is 86.5 Å². The van der Waals surface area contributed by atoms with Crippen molar-refractivity contribution in [1.29, 1.82) is 0 Å². The zero-order valence-corrected chi connectivity index (χ0v) is 11.2. The van der Waals surface area contributed by atoms with Gasteiger partial charge in [0.1, 0.15) is 0 Å². The van der Waals surface area contributed by atoms with Crippen LogP contribution in [0.5, 0.6) is 0 Å². The summed E-state index contributed by atoms with van der Waals surface area (Å²) in [5.41, 5.74) is 0. The quantitative estimate of drug-likeness (QED) is 0.714. The lowest BCUT2D eigenvalue weighted by atomic mass is 10.6. The standard InChI is InChI=1S/C9H18N3O4P/c1-4-14-17(13,15-5-2)7-10-6-9-11-8(3)12-16-9/h10H,4-7H2,1-3H3. The molecule has 1 aromatic rings. The van der Waals surface area contributed by atoms with Gasteiger partial charge in [-0.05, 0) is 20.8 Å². The van der Waals surface area contributed by atoms with E-state index in [2.05, 4.69) is 15.5 Å². The molecule has 0 atom stereocenters. The molecule has 1 heterocycles. The summed E-state index contributed by atoms with van der Waals surface area (Å²) < 4.78 is 27.2. The van der Waals surface area contributed by atoms with Gasteiger partial charge < -0.3 is 13.6 Å². The molecule has 0 aromatic carbocycles. The first kappa shape index (κ1) is 14.3. The van der Waals surface area contributed by atoms with Crippen LogP contribution in [-0.4, -0.2) is 29.6 Å². The molecule has 0 saturated carbocycles. The predicted octanol–water partition coefficient (Wildman–Crippen LogP) is 1.69. The first-order valence-corrected chi connectivity index (χ1v) is 7.20. The number of nitrogens with zero attached hydrogens (tertiary/aromatic N) is 2. The summed E-state index contributed by atoms with van der Waals surface area (Å²) >= 11 is 0. The molecule has 0 aliphatic heterocycles. The van der Waals surface area contributed by atoms with Crippen molar-refractivity contribution < 1.29 is 18.1 Å². The molecular formula is C9H18N3O4P. The van der Waals surface area contributed by atoms with Gasteiger partial charge in [-0.3, -0.25) is 9.88 Å². The Morgan fingerprint density at radius 1 is 1.35 bits per heavy atom. The lowest BCUT2D eigenvalue weighted by molar-refractivity contribution is 0.217. The van der Waals surface area contributed by atoms with E-state index in [1.807, 2.05) is 0 Å². The maximum absolute atomic E-state index is 12.0. The van der Waals surface area contributed by atoms with Crippen LogP contribution in [0, 0.1) is 6.92 Å². The highest BCUT2D eigenvalue weighted by Crippen LogP contribution is 2.46. The van der Waals surface area contributed by atoms with Gasteiger partial charge in [0.2, 0.25) is 5.89 Å². The molecule has 1 rings (SSSR count). The molecule has 0 fully saturated rings. The van der Waals surface area contributed by atoms with Gasteiger partial charge in [0.05, 0.1) is 26.0 Å². The van der Waals surface area contributed by atoms with Crippen molar-refractivity contribution in [2.24, 2.45) is 0 Å². The van der Waals surface area contributed by atoms with Crippen molar-refractivity contribution >= 4 is 7.60 Å². The summed E-state index contributed by atoms with van der Waals surface area (Å²) in [5, 5.41) is 6.56. The third-order valence-corrected chi connectivity index (χ3v) is 3.72. The highest BCUT2D eigenvalue weighted by Gasteiger charge is 2.22. The number of rotatable bonds is 8. The van der Waals surface area contributed by atoms with Crippen molar-refractivity contribution in [3.63, 3.8) is 0 Å². The van der Waals surface area contributed by atoms with Crippen LogP contribution in [-0.2, 0) is 20.2 Å². The average Bonchev–Trinajstić information content (AvgIpc) is 2.65. The number of aryl methyl sites for hydroxylation is 1. The van der Waals surface area contributed by atoms with E-state index in [0.29, 0.717) is 31.5 Å². The molecule has 98 valence electrons. The summed E-state index contributed by atoms with van der Waals surface area (Å²) in [4.78, 5) is 4.01. The lowest BCUT2D eigenvalue weighted by Gasteiger charge is -2.16. The fourth-order valence-corrected chi connectivity index (χ4v) is 2.66. The van der Waals surface area contributed by atoms with E-state index >= 15 is 0 Å². The molecule has 0 bridgehead atoms. The molecule has 0 saturated heterocycles. The van der Waals surface area contributed by atoms with Gasteiger partial charge in [-0.1, -0.05) is 5.16 Å². The van der Waals surface area contributed by atoms with Gasteiger partial charge in [-0.2, -0.15) is 4.98 Å². The van der Waals surface area contributed by atoms with Crippen molar-refractivity contribution in [3.05, 3.63) is 11.7 Å². The first-order valence-electron chi connectivity index (χ1n) is 5.47. The van der Waals surface area contributed by atoms with Crippen molar-refractivity contribution in [2.45, 2.75) is 27.3 Å². The molecule has 0 aliphatic rings. The third-order valence-electron chi connectivity index (χ3n) is 1.80. The van der Waals surface area contributed by atoms with Gasteiger partial charge in [0.15, 0.2) is 5.82 Å². The van der Waals surface area contributed by atoms with E-state index in [4.69, 9.17) is 13.6 Å². The van der Waals surface area contributed by atoms with E-state index in [1.54, 1.807) is 20.8 Å². The number of aromatic nitrogens is 2. The molecule has 0 radical (unpaired) electrons. The number of nitrogens with one attached hydrogen (secondary N) is 1. The van der Waals surface area contributed by atoms with E-state index in [-0.39, 0.29) is 6.29 Å². The fourth-order valence-electron chi connectivity index (χ4n) is 1.23. The molecule has 8 heteroatoms. The Hall–Kier alpha value is -0.750. The highest BCUT2D eigenvalue weighted by molar-refractivity contribution is 7.53. The summed E-state index contributed by atoms with van der Waals surface area (Å²) in [6.45, 7) is 6.31. The van der Waals surface area contributed by atoms with Crippen LogP contribution in [0.4, 0.5) is 0 Å². The second-order valence-corrected chi connectivity index (χ2v) is 5.32. The molecule has 0 unspecified atom stereocenters. The zero-order valence-electron chi connectivity index (χ0n) is 10.3. The number of hydrogen-bond donors (Lipinski definition) is 1. The monoisotopic (exact) mass is 263 g/mol. The molecule has 17 heavy (non-hydrogen) atoms. The first-order chi connectivity index (χ1) is 8.09. The Balaban J connectivity index is 2.39. The minimum absolute atomic E-state index is 0.121. The predicted molar refractivity (Wildman–Crippen MR) is 61.6 cm³/mol. The summed E-state index contributed by atoms with van der Waals surface area (Å²) in [6.07, 6.45) is 0.121. The van der Waals surface area contributed by atoms with E-state index in [9.17, 15) is 4.57 Å². The summed E-state index contributed by atoms with van der Waals surface area (Å²) in [5.74, 6) is 1.02. The van der Waals surface area contributed by atoms with Crippen LogP contribution >= 0.6 is 7.60 Å². The minimum Gasteiger partial charge on any atom is -0.338 e. The zero-order chi connectivity index (χ0) is 12.7. The average molecular weight is 263 g/mol. The Kier molecular flexibility index (Phi) is 5.77. The van der Waals surface area contributed by atoms with Crippen molar-refractivity contribution in [2.75, 3.05) is 19.5 Å². The molecule has 1 aromatic heterocycles. The maximum Gasteiger partial charge on any atom is 0.344 e. The Bertz CT molecular complexity index is 372. The molecule has 0 amide bonds.